The Bertz CT molecular complexity index is 906. The van der Waals surface area contributed by atoms with Crippen LogP contribution in [-0.4, -0.2) is 40.7 Å². The van der Waals surface area contributed by atoms with E-state index in [0.717, 1.165) is 11.3 Å². The molecule has 0 saturated carbocycles. The van der Waals surface area contributed by atoms with E-state index in [0.29, 0.717) is 28.6 Å². The summed E-state index contributed by atoms with van der Waals surface area (Å²) in [5.41, 5.74) is 1.64. The topological polar surface area (TPSA) is 72.5 Å². The normalized spacial score (nSPS) is 12.4. The van der Waals surface area contributed by atoms with E-state index in [-0.39, 0.29) is 13.4 Å². The second kappa shape index (κ2) is 9.54. The third-order valence-electron chi connectivity index (χ3n) is 4.13. The number of hydrogen-bond acceptors (Lipinski definition) is 7. The molecule has 0 unspecified atom stereocenters. The van der Waals surface area contributed by atoms with Crippen molar-refractivity contribution in [3.63, 3.8) is 0 Å². The van der Waals surface area contributed by atoms with Crippen molar-refractivity contribution in [3.05, 3.63) is 53.6 Å². The molecular formula is C22H22O7. The third-order valence-corrected chi connectivity index (χ3v) is 4.13. The van der Waals surface area contributed by atoms with E-state index in [1.807, 2.05) is 24.3 Å². The average Bonchev–Trinajstić information content (AvgIpc) is 3.22. The fourth-order valence-electron chi connectivity index (χ4n) is 2.74. The number of hydrogen-bond donors (Lipinski definition) is 0. The van der Waals surface area contributed by atoms with E-state index in [4.69, 9.17) is 28.4 Å². The van der Waals surface area contributed by atoms with Gasteiger partial charge in [-0.2, -0.15) is 0 Å². The molecular weight excluding hydrogens is 376 g/mol. The predicted octanol–water partition coefficient (Wildman–Crippen LogP) is 3.71. The molecule has 29 heavy (non-hydrogen) atoms. The Balaban J connectivity index is 1.56. The SMILES string of the molecule is COc1cc(C=CC(=O)OC/C=C/c2ccc3c(c2)OCO3)cc(OC)c1OC. The van der Waals surface area contributed by atoms with Gasteiger partial charge in [0.15, 0.2) is 23.0 Å². The van der Waals surface area contributed by atoms with E-state index in [9.17, 15) is 4.79 Å². The van der Waals surface area contributed by atoms with Gasteiger partial charge in [-0.25, -0.2) is 4.79 Å². The maximum Gasteiger partial charge on any atom is 0.331 e. The quantitative estimate of drug-likeness (QED) is 0.496. The summed E-state index contributed by atoms with van der Waals surface area (Å²) in [5, 5.41) is 0. The summed E-state index contributed by atoms with van der Waals surface area (Å²) in [7, 11) is 4.60. The van der Waals surface area contributed by atoms with Gasteiger partial charge in [0, 0.05) is 6.08 Å². The second-order valence-corrected chi connectivity index (χ2v) is 5.94. The number of methoxy groups -OCH3 is 3. The molecule has 0 aromatic heterocycles. The predicted molar refractivity (Wildman–Crippen MR) is 108 cm³/mol. The Morgan fingerprint density at radius 2 is 1.66 bits per heavy atom. The number of carbonyl (C=O) groups is 1. The molecule has 0 radical (unpaired) electrons. The van der Waals surface area contributed by atoms with E-state index >= 15 is 0 Å². The molecule has 0 fully saturated rings. The van der Waals surface area contributed by atoms with Crippen molar-refractivity contribution in [2.75, 3.05) is 34.7 Å². The van der Waals surface area contributed by atoms with E-state index < -0.39 is 5.97 Å². The van der Waals surface area contributed by atoms with Gasteiger partial charge in [-0.05, 0) is 47.5 Å². The lowest BCUT2D eigenvalue weighted by Gasteiger charge is -2.12. The van der Waals surface area contributed by atoms with Crippen LogP contribution in [0.25, 0.3) is 12.2 Å². The van der Waals surface area contributed by atoms with E-state index in [1.165, 1.54) is 27.4 Å². The van der Waals surface area contributed by atoms with Crippen molar-refractivity contribution in [2.24, 2.45) is 0 Å². The van der Waals surface area contributed by atoms with Crippen LogP contribution < -0.4 is 23.7 Å². The van der Waals surface area contributed by atoms with Crippen LogP contribution in [0.4, 0.5) is 0 Å². The summed E-state index contributed by atoms with van der Waals surface area (Å²) in [5.74, 6) is 2.47. The molecule has 0 aliphatic carbocycles. The highest BCUT2D eigenvalue weighted by atomic mass is 16.7. The van der Waals surface area contributed by atoms with Crippen molar-refractivity contribution in [3.8, 4) is 28.7 Å². The van der Waals surface area contributed by atoms with Crippen molar-refractivity contribution < 1.29 is 33.2 Å². The molecule has 2 aromatic carbocycles. The Labute approximate surface area is 169 Å². The minimum absolute atomic E-state index is 0.146. The fraction of sp³-hybridized carbons (Fsp3) is 0.227. The fourth-order valence-corrected chi connectivity index (χ4v) is 2.74. The van der Waals surface area contributed by atoms with E-state index in [2.05, 4.69) is 0 Å². The van der Waals surface area contributed by atoms with Gasteiger partial charge in [0.05, 0.1) is 21.3 Å². The first kappa shape index (κ1) is 20.1. The molecule has 1 aliphatic heterocycles. The van der Waals surface area contributed by atoms with Gasteiger partial charge in [0.1, 0.15) is 6.61 Å². The Kier molecular flexibility index (Phi) is 6.63. The monoisotopic (exact) mass is 398 g/mol. The zero-order valence-corrected chi connectivity index (χ0v) is 16.5. The molecule has 0 spiro atoms. The van der Waals surface area contributed by atoms with Crippen LogP contribution in [0.2, 0.25) is 0 Å². The molecule has 0 saturated heterocycles. The minimum atomic E-state index is -0.464. The van der Waals surface area contributed by atoms with Crippen LogP contribution in [0.3, 0.4) is 0 Å². The largest absolute Gasteiger partial charge is 0.493 e. The number of ether oxygens (including phenoxy) is 6. The van der Waals surface area contributed by atoms with E-state index in [1.54, 1.807) is 24.3 Å². The molecule has 0 N–H and O–H groups in total. The number of carbonyl (C=O) groups excluding carboxylic acids is 1. The van der Waals surface area contributed by atoms with Crippen LogP contribution >= 0.6 is 0 Å². The smallest absolute Gasteiger partial charge is 0.331 e. The van der Waals surface area contributed by atoms with Crippen LogP contribution in [-0.2, 0) is 9.53 Å². The number of esters is 1. The van der Waals surface area contributed by atoms with Crippen LogP contribution in [0.15, 0.2) is 42.5 Å². The lowest BCUT2D eigenvalue weighted by molar-refractivity contribution is -0.136. The maximum atomic E-state index is 11.9. The molecule has 3 rings (SSSR count). The summed E-state index contributed by atoms with van der Waals surface area (Å²) >= 11 is 0. The Morgan fingerprint density at radius 3 is 2.34 bits per heavy atom. The van der Waals surface area contributed by atoms with Crippen molar-refractivity contribution in [1.82, 2.24) is 0 Å². The average molecular weight is 398 g/mol. The lowest BCUT2D eigenvalue weighted by atomic mass is 10.1. The maximum absolute atomic E-state index is 11.9. The second-order valence-electron chi connectivity index (χ2n) is 5.94. The van der Waals surface area contributed by atoms with Crippen LogP contribution in [0.5, 0.6) is 28.7 Å². The summed E-state index contributed by atoms with van der Waals surface area (Å²) in [6, 6.07) is 9.09. The summed E-state index contributed by atoms with van der Waals surface area (Å²) in [6.45, 7) is 0.380. The molecule has 0 atom stereocenters. The Hall–Kier alpha value is -3.61. The number of benzene rings is 2. The van der Waals surface area contributed by atoms with Gasteiger partial charge in [-0.1, -0.05) is 12.1 Å². The highest BCUT2D eigenvalue weighted by Crippen LogP contribution is 2.38. The minimum Gasteiger partial charge on any atom is -0.493 e. The van der Waals surface area contributed by atoms with Gasteiger partial charge < -0.3 is 28.4 Å². The molecule has 152 valence electrons. The summed E-state index contributed by atoms with van der Waals surface area (Å²) in [6.07, 6.45) is 6.56. The highest BCUT2D eigenvalue weighted by Gasteiger charge is 2.13. The number of fused-ring (bicyclic) bond motifs is 1. The van der Waals surface area contributed by atoms with Gasteiger partial charge in [-0.15, -0.1) is 0 Å². The summed E-state index contributed by atoms with van der Waals surface area (Å²) in [4.78, 5) is 11.9. The van der Waals surface area contributed by atoms with Gasteiger partial charge >= 0.3 is 5.97 Å². The number of rotatable bonds is 8. The van der Waals surface area contributed by atoms with Crippen molar-refractivity contribution in [2.45, 2.75) is 0 Å². The molecule has 0 bridgehead atoms. The first-order chi connectivity index (χ1) is 14.1. The van der Waals surface area contributed by atoms with Crippen LogP contribution in [0.1, 0.15) is 11.1 Å². The van der Waals surface area contributed by atoms with Crippen LogP contribution in [0, 0.1) is 0 Å². The standard InChI is InChI=1S/C22H22O7/c1-24-19-12-16(13-20(25-2)22(19)26-3)7-9-21(23)27-10-4-5-15-6-8-17-18(11-15)29-14-28-17/h4-9,11-13H,10,14H2,1-3H3/b5-4+,9-7?. The summed E-state index contributed by atoms with van der Waals surface area (Å²) < 4.78 is 31.6. The molecule has 1 heterocycles. The molecule has 2 aromatic rings. The molecule has 1 aliphatic rings. The highest BCUT2D eigenvalue weighted by molar-refractivity contribution is 5.87. The van der Waals surface area contributed by atoms with Crippen molar-refractivity contribution in [1.29, 1.82) is 0 Å². The first-order valence-electron chi connectivity index (χ1n) is 8.85. The lowest BCUT2D eigenvalue weighted by Crippen LogP contribution is -2.00. The van der Waals surface area contributed by atoms with Gasteiger partial charge in [0.2, 0.25) is 12.5 Å². The molecule has 7 heteroatoms. The van der Waals surface area contributed by atoms with Crippen molar-refractivity contribution >= 4 is 18.1 Å². The van der Waals surface area contributed by atoms with Gasteiger partial charge in [0.25, 0.3) is 0 Å². The van der Waals surface area contributed by atoms with Gasteiger partial charge in [-0.3, -0.25) is 0 Å². The first-order valence-corrected chi connectivity index (χ1v) is 8.85. The Morgan fingerprint density at radius 1 is 0.931 bits per heavy atom. The molecule has 7 nitrogen and oxygen atoms in total. The zero-order valence-electron chi connectivity index (χ0n) is 16.5. The third kappa shape index (κ3) is 5.01. The molecule has 0 amide bonds. The zero-order chi connectivity index (χ0) is 20.6.